The van der Waals surface area contributed by atoms with Crippen molar-refractivity contribution >= 4 is 80.0 Å². The quantitative estimate of drug-likeness (QED) is 0.0699. The summed E-state index contributed by atoms with van der Waals surface area (Å²) in [5.74, 6) is 12.7. The number of esters is 1. The Morgan fingerprint density at radius 1 is 0.723 bits per heavy atom. The maximum absolute atomic E-state index is 11.7. The minimum absolute atomic E-state index is 0.0391. The van der Waals surface area contributed by atoms with Gasteiger partial charge in [0.2, 0.25) is 17.1 Å². The zero-order valence-electron chi connectivity index (χ0n) is 37.8. The van der Waals surface area contributed by atoms with Gasteiger partial charge in [0.1, 0.15) is 39.7 Å². The number of rotatable bonds is 11. The summed E-state index contributed by atoms with van der Waals surface area (Å²) in [7, 11) is 10.4. The second-order valence-corrected chi connectivity index (χ2v) is 16.0. The van der Waals surface area contributed by atoms with Gasteiger partial charge in [0.15, 0.2) is 6.61 Å². The molecule has 0 aromatic carbocycles. The molecule has 0 radical (unpaired) electrons. The summed E-state index contributed by atoms with van der Waals surface area (Å²) in [6.45, 7) is 8.87. The van der Waals surface area contributed by atoms with Gasteiger partial charge in [-0.25, -0.2) is 9.97 Å². The number of carbonyl (C=O) groups is 2. The lowest BCUT2D eigenvalue weighted by molar-refractivity contribution is -0.142. The number of ether oxygens (including phenoxy) is 3. The predicted octanol–water partition coefficient (Wildman–Crippen LogP) is 4.58. The number of anilines is 2. The summed E-state index contributed by atoms with van der Waals surface area (Å²) >= 11 is 17.6. The highest BCUT2D eigenvalue weighted by atomic mass is 35.5. The molecule has 0 unspecified atom stereocenters. The first-order valence-corrected chi connectivity index (χ1v) is 20.8. The Morgan fingerprint density at radius 3 is 1.52 bits per heavy atom. The molecule has 0 saturated carbocycles. The first kappa shape index (κ1) is 51.4. The molecule has 18 nitrogen and oxygen atoms in total. The molecule has 0 saturated heterocycles. The second kappa shape index (κ2) is 23.6. The van der Waals surface area contributed by atoms with Crippen LogP contribution in [-0.2, 0) is 27.4 Å². The fraction of sp³-hybridized carbons (Fsp3) is 0.364. The summed E-state index contributed by atoms with van der Waals surface area (Å²) in [4.78, 5) is 50.9. The van der Waals surface area contributed by atoms with Crippen LogP contribution in [0.15, 0.2) is 24.8 Å². The lowest BCUT2D eigenvalue weighted by Gasteiger charge is -2.13. The summed E-state index contributed by atoms with van der Waals surface area (Å²) in [6.07, 6.45) is 7.16. The van der Waals surface area contributed by atoms with Gasteiger partial charge in [-0.05, 0) is 67.5 Å². The highest BCUT2D eigenvalue weighted by Gasteiger charge is 2.19. The molecule has 0 atom stereocenters. The van der Waals surface area contributed by atoms with Crippen molar-refractivity contribution in [1.29, 1.82) is 0 Å². The minimum Gasteiger partial charge on any atom is -0.496 e. The number of nitrogens with zero attached hydrogens (tertiary/aromatic N) is 10. The molecule has 6 rings (SSSR count). The van der Waals surface area contributed by atoms with Crippen molar-refractivity contribution in [2.45, 2.75) is 40.8 Å². The molecule has 5 N–H and O–H groups in total. The van der Waals surface area contributed by atoms with Crippen LogP contribution in [0, 0.1) is 51.4 Å². The van der Waals surface area contributed by atoms with Gasteiger partial charge in [-0.1, -0.05) is 46.9 Å². The fourth-order valence-corrected chi connectivity index (χ4v) is 7.25. The van der Waals surface area contributed by atoms with Crippen LogP contribution in [-0.4, -0.2) is 134 Å². The zero-order chi connectivity index (χ0) is 48.1. The van der Waals surface area contributed by atoms with Gasteiger partial charge < -0.3 is 44.8 Å². The number of halogens is 3. The molecular weight excluding hydrogens is 899 g/mol. The number of fused-ring (bicyclic) bond motifs is 2. The highest BCUT2D eigenvalue weighted by molar-refractivity contribution is 6.64. The molecule has 0 amide bonds. The van der Waals surface area contributed by atoms with Crippen LogP contribution < -0.4 is 20.9 Å². The third-order valence-corrected chi connectivity index (χ3v) is 9.90. The zero-order valence-corrected chi connectivity index (χ0v) is 40.1. The SMILES string of the molecule is CN(C)CC(=O)Cl.COc1c(C)cnc(Cn2cc(C#CCO)c3c(Cl)nc(N)nc32)c1C.COc1c(C)cnc(Cn2cc(C#CCOC(=O)CN(C)C)c3c(Cl)nc(N)nc32)c1C. The third-order valence-electron chi connectivity index (χ3n) is 9.23. The number of methoxy groups -OCH3 is 2. The second-order valence-electron chi connectivity index (χ2n) is 14.8. The lowest BCUT2D eigenvalue weighted by Crippen LogP contribution is -2.23. The number of hydrogen-bond acceptors (Lipinski definition) is 16. The monoisotopic (exact) mass is 948 g/mol. The van der Waals surface area contributed by atoms with Crippen LogP contribution in [0.4, 0.5) is 11.9 Å². The van der Waals surface area contributed by atoms with E-state index in [-0.39, 0.29) is 53.2 Å². The molecule has 65 heavy (non-hydrogen) atoms. The van der Waals surface area contributed by atoms with Crippen molar-refractivity contribution in [1.82, 2.24) is 48.8 Å². The normalized spacial score (nSPS) is 10.6. The maximum atomic E-state index is 11.7. The lowest BCUT2D eigenvalue weighted by atomic mass is 10.1. The Hall–Kier alpha value is -6.25. The van der Waals surface area contributed by atoms with Crippen molar-refractivity contribution < 1.29 is 28.9 Å². The number of hydrogen-bond donors (Lipinski definition) is 3. The molecular formula is C44H51Cl3N12O6. The van der Waals surface area contributed by atoms with Crippen LogP contribution in [0.25, 0.3) is 22.1 Å². The topological polar surface area (TPSA) is 228 Å². The fourth-order valence-electron chi connectivity index (χ4n) is 6.47. The van der Waals surface area contributed by atoms with Crippen molar-refractivity contribution in [2.75, 3.05) is 80.2 Å². The average molecular weight is 950 g/mol. The number of aliphatic hydroxyl groups is 1. The molecule has 0 aliphatic rings. The molecule has 0 bridgehead atoms. The standard InChI is InChI=1S/C22H25ClN6O3.C18H18ClN5O2.C4H8ClNO/c1-13-9-25-16(14(2)19(13)31-5)11-29-10-15(7-6-8-32-17(30)12-28(3)4)18-20(23)26-22(24)27-21(18)29;1-10-7-21-13(11(2)15(10)26-3)9-24-8-12(5-4-6-25)14-16(19)22-18(20)23-17(14)24;1-6(2)3-4(5)7/h9-10H,8,11-12H2,1-5H3,(H2,24,26,27);7-8,25H,6,9H2,1-3H3,(H2,20,22,23);3H2,1-2H3. The highest BCUT2D eigenvalue weighted by Crippen LogP contribution is 2.31. The van der Waals surface area contributed by atoms with E-state index in [4.69, 9.17) is 65.6 Å². The van der Waals surface area contributed by atoms with E-state index < -0.39 is 0 Å². The van der Waals surface area contributed by atoms with Crippen molar-refractivity contribution in [2.24, 2.45) is 0 Å². The third kappa shape index (κ3) is 13.6. The Morgan fingerprint density at radius 2 is 1.15 bits per heavy atom. The number of nitrogen functional groups attached to an aromatic ring is 2. The van der Waals surface area contributed by atoms with Crippen molar-refractivity contribution in [3.8, 4) is 35.2 Å². The molecule has 0 aliphatic carbocycles. The van der Waals surface area contributed by atoms with Gasteiger partial charge in [0, 0.05) is 47.0 Å². The first-order chi connectivity index (χ1) is 30.8. The number of aryl methyl sites for hydroxylation is 2. The molecule has 344 valence electrons. The average Bonchev–Trinajstić information content (AvgIpc) is 3.74. The minimum atomic E-state index is -0.351. The van der Waals surface area contributed by atoms with E-state index in [1.807, 2.05) is 43.0 Å². The number of aromatic nitrogens is 8. The van der Waals surface area contributed by atoms with Gasteiger partial charge >= 0.3 is 5.97 Å². The van der Waals surface area contributed by atoms with Crippen LogP contribution >= 0.6 is 34.8 Å². The molecule has 21 heteroatoms. The molecule has 6 aromatic rings. The molecule has 0 spiro atoms. The Balaban J connectivity index is 0.000000252. The van der Waals surface area contributed by atoms with E-state index in [2.05, 4.69) is 53.6 Å². The van der Waals surface area contributed by atoms with E-state index in [9.17, 15) is 9.59 Å². The van der Waals surface area contributed by atoms with Gasteiger partial charge in [-0.3, -0.25) is 24.5 Å². The smallest absolute Gasteiger partial charge is 0.321 e. The molecule has 0 aliphatic heterocycles. The molecule has 6 aromatic heterocycles. The van der Waals surface area contributed by atoms with E-state index >= 15 is 0 Å². The largest absolute Gasteiger partial charge is 0.496 e. The predicted molar refractivity (Wildman–Crippen MR) is 252 cm³/mol. The van der Waals surface area contributed by atoms with Gasteiger partial charge in [-0.2, -0.15) is 9.97 Å². The van der Waals surface area contributed by atoms with Gasteiger partial charge in [0.05, 0.1) is 73.7 Å². The number of nitrogens with two attached hydrogens (primary N) is 2. The Bertz CT molecular complexity index is 2820. The van der Waals surface area contributed by atoms with Crippen LogP contribution in [0.5, 0.6) is 11.5 Å². The van der Waals surface area contributed by atoms with E-state index in [0.717, 1.165) is 45.1 Å². The maximum Gasteiger partial charge on any atom is 0.321 e. The van der Waals surface area contributed by atoms with Crippen LogP contribution in [0.1, 0.15) is 44.8 Å². The summed E-state index contributed by atoms with van der Waals surface area (Å²) < 4.78 is 19.8. The van der Waals surface area contributed by atoms with E-state index in [1.54, 1.807) is 70.8 Å². The Kier molecular flexibility index (Phi) is 18.7. The van der Waals surface area contributed by atoms with Crippen molar-refractivity contribution in [3.05, 3.63) is 79.9 Å². The summed E-state index contributed by atoms with van der Waals surface area (Å²) in [5.41, 5.74) is 19.4. The molecule has 6 heterocycles. The van der Waals surface area contributed by atoms with E-state index in [1.165, 1.54) is 0 Å². The number of carbonyl (C=O) groups excluding carboxylic acids is 2. The summed E-state index contributed by atoms with van der Waals surface area (Å²) in [5, 5.41) is 10.3. The van der Waals surface area contributed by atoms with Gasteiger partial charge in [-0.15, -0.1) is 0 Å². The van der Waals surface area contributed by atoms with Crippen LogP contribution in [0.3, 0.4) is 0 Å². The summed E-state index contributed by atoms with van der Waals surface area (Å²) in [6, 6.07) is 0. The van der Waals surface area contributed by atoms with Crippen LogP contribution in [0.2, 0.25) is 10.3 Å². The number of pyridine rings is 2. The first-order valence-electron chi connectivity index (χ1n) is 19.6. The van der Waals surface area contributed by atoms with Crippen molar-refractivity contribution in [3.63, 3.8) is 0 Å². The van der Waals surface area contributed by atoms with Gasteiger partial charge in [0.25, 0.3) is 0 Å². The number of aliphatic hydroxyl groups excluding tert-OH is 1. The molecule has 0 fully saturated rings. The Labute approximate surface area is 392 Å². The van der Waals surface area contributed by atoms with E-state index in [0.29, 0.717) is 52.8 Å². The number of likely N-dealkylation sites (N-methyl/N-ethyl adjacent to an activating group) is 2.